The van der Waals surface area contributed by atoms with Gasteiger partial charge in [-0.15, -0.1) is 0 Å². The maximum absolute atomic E-state index is 12.1. The third-order valence-electron chi connectivity index (χ3n) is 5.79. The quantitative estimate of drug-likeness (QED) is 0.747. The second-order valence-electron chi connectivity index (χ2n) is 7.81. The normalized spacial score (nSPS) is 18.6. The highest BCUT2D eigenvalue weighted by molar-refractivity contribution is 5.36. The Morgan fingerprint density at radius 3 is 2.25 bits per heavy atom. The van der Waals surface area contributed by atoms with Crippen LogP contribution in [0.1, 0.15) is 37.8 Å². The first-order valence-corrected chi connectivity index (χ1v) is 10.4. The third kappa shape index (κ3) is 4.57. The summed E-state index contributed by atoms with van der Waals surface area (Å²) in [6.45, 7) is 10.9. The SMILES string of the molecule is CCOc1ccc([C@](O)(C(C)C)[C@@H](CN2CCOCC2)c2ccccc2)cc1. The van der Waals surface area contributed by atoms with E-state index in [-0.39, 0.29) is 11.8 Å². The molecule has 4 heteroatoms. The third-order valence-corrected chi connectivity index (χ3v) is 5.79. The van der Waals surface area contributed by atoms with Crippen molar-refractivity contribution in [1.29, 1.82) is 0 Å². The molecule has 1 aliphatic rings. The van der Waals surface area contributed by atoms with Crippen molar-refractivity contribution in [3.8, 4) is 5.75 Å². The molecule has 1 N–H and O–H groups in total. The van der Waals surface area contributed by atoms with Crippen LogP contribution in [0.2, 0.25) is 0 Å². The molecule has 1 fully saturated rings. The van der Waals surface area contributed by atoms with E-state index in [1.54, 1.807) is 0 Å². The van der Waals surface area contributed by atoms with Gasteiger partial charge in [0.15, 0.2) is 0 Å². The van der Waals surface area contributed by atoms with E-state index in [0.717, 1.165) is 44.2 Å². The van der Waals surface area contributed by atoms with Crippen molar-refractivity contribution in [2.24, 2.45) is 5.92 Å². The fourth-order valence-corrected chi connectivity index (χ4v) is 4.15. The predicted octanol–water partition coefficient (Wildman–Crippen LogP) is 4.04. The Bertz CT molecular complexity index is 710. The predicted molar refractivity (Wildman–Crippen MR) is 113 cm³/mol. The molecule has 0 amide bonds. The summed E-state index contributed by atoms with van der Waals surface area (Å²) in [5.74, 6) is 0.850. The lowest BCUT2D eigenvalue weighted by atomic mass is 9.70. The molecule has 0 spiro atoms. The zero-order chi connectivity index (χ0) is 20.0. The Morgan fingerprint density at radius 2 is 1.68 bits per heavy atom. The summed E-state index contributed by atoms with van der Waals surface area (Å²) < 4.78 is 11.1. The maximum Gasteiger partial charge on any atom is 0.119 e. The van der Waals surface area contributed by atoms with E-state index < -0.39 is 5.60 Å². The van der Waals surface area contributed by atoms with E-state index in [1.165, 1.54) is 5.56 Å². The molecular weight excluding hydrogens is 350 g/mol. The summed E-state index contributed by atoms with van der Waals surface area (Å²) in [7, 11) is 0. The number of ether oxygens (including phenoxy) is 2. The fraction of sp³-hybridized carbons (Fsp3) is 0.500. The first-order chi connectivity index (χ1) is 13.6. The smallest absolute Gasteiger partial charge is 0.119 e. The molecule has 2 aromatic carbocycles. The lowest BCUT2D eigenvalue weighted by Crippen LogP contribution is -2.47. The summed E-state index contributed by atoms with van der Waals surface area (Å²) in [5.41, 5.74) is 1.12. The van der Waals surface area contributed by atoms with Crippen molar-refractivity contribution in [1.82, 2.24) is 4.90 Å². The van der Waals surface area contributed by atoms with Gasteiger partial charge in [-0.3, -0.25) is 4.90 Å². The molecule has 1 saturated heterocycles. The number of hydrogen-bond donors (Lipinski definition) is 1. The highest BCUT2D eigenvalue weighted by atomic mass is 16.5. The van der Waals surface area contributed by atoms with Crippen molar-refractivity contribution in [2.45, 2.75) is 32.3 Å². The summed E-state index contributed by atoms with van der Waals surface area (Å²) in [4.78, 5) is 2.41. The minimum absolute atomic E-state index is 0.0373. The van der Waals surface area contributed by atoms with Gasteiger partial charge in [0, 0.05) is 25.6 Å². The number of nitrogens with zero attached hydrogens (tertiary/aromatic N) is 1. The molecule has 2 atom stereocenters. The molecule has 2 aromatic rings. The molecule has 0 bridgehead atoms. The van der Waals surface area contributed by atoms with Crippen LogP contribution in [0.4, 0.5) is 0 Å². The van der Waals surface area contributed by atoms with Crippen LogP contribution in [0.15, 0.2) is 54.6 Å². The number of rotatable bonds is 8. The second kappa shape index (κ2) is 9.55. The first-order valence-electron chi connectivity index (χ1n) is 10.4. The number of aliphatic hydroxyl groups is 1. The standard InChI is InChI=1S/C24H33NO3/c1-4-28-22-12-10-21(11-13-22)24(26,19(2)3)23(20-8-6-5-7-9-20)18-25-14-16-27-17-15-25/h5-13,19,23,26H,4,14-18H2,1-3H3/t23-,24+/m0/s1. The summed E-state index contributed by atoms with van der Waals surface area (Å²) >= 11 is 0. The van der Waals surface area contributed by atoms with Crippen molar-refractivity contribution in [3.05, 3.63) is 65.7 Å². The molecule has 152 valence electrons. The van der Waals surface area contributed by atoms with E-state index in [0.29, 0.717) is 6.61 Å². The zero-order valence-electron chi connectivity index (χ0n) is 17.3. The lowest BCUT2D eigenvalue weighted by Gasteiger charge is -2.43. The largest absolute Gasteiger partial charge is 0.494 e. The average Bonchev–Trinajstić information content (AvgIpc) is 2.73. The van der Waals surface area contributed by atoms with Crippen LogP contribution >= 0.6 is 0 Å². The summed E-state index contributed by atoms with van der Waals surface area (Å²) in [5, 5.41) is 12.1. The lowest BCUT2D eigenvalue weighted by molar-refractivity contribution is -0.0547. The first kappa shape index (κ1) is 20.8. The Labute approximate surface area is 169 Å². The topological polar surface area (TPSA) is 41.9 Å². The van der Waals surface area contributed by atoms with Crippen molar-refractivity contribution >= 4 is 0 Å². The zero-order valence-corrected chi connectivity index (χ0v) is 17.3. The molecule has 0 aliphatic carbocycles. The molecular formula is C24H33NO3. The van der Waals surface area contributed by atoms with Crippen molar-refractivity contribution in [2.75, 3.05) is 39.5 Å². The van der Waals surface area contributed by atoms with Gasteiger partial charge >= 0.3 is 0 Å². The van der Waals surface area contributed by atoms with Gasteiger partial charge < -0.3 is 14.6 Å². The van der Waals surface area contributed by atoms with Gasteiger partial charge in [-0.2, -0.15) is 0 Å². The highest BCUT2D eigenvalue weighted by Crippen LogP contribution is 2.43. The molecule has 4 nitrogen and oxygen atoms in total. The summed E-state index contributed by atoms with van der Waals surface area (Å²) in [6.07, 6.45) is 0. The summed E-state index contributed by atoms with van der Waals surface area (Å²) in [6, 6.07) is 18.4. The van der Waals surface area contributed by atoms with Gasteiger partial charge in [0.1, 0.15) is 5.75 Å². The minimum atomic E-state index is -0.982. The van der Waals surface area contributed by atoms with Gasteiger partial charge in [-0.1, -0.05) is 56.3 Å². The van der Waals surface area contributed by atoms with Crippen LogP contribution in [0.3, 0.4) is 0 Å². The Balaban J connectivity index is 1.99. The molecule has 0 radical (unpaired) electrons. The molecule has 0 aromatic heterocycles. The van der Waals surface area contributed by atoms with E-state index in [1.807, 2.05) is 37.3 Å². The van der Waals surface area contributed by atoms with E-state index in [9.17, 15) is 5.11 Å². The number of hydrogen-bond acceptors (Lipinski definition) is 4. The van der Waals surface area contributed by atoms with E-state index in [2.05, 4.69) is 43.0 Å². The Hall–Kier alpha value is -1.88. The number of morpholine rings is 1. The van der Waals surface area contributed by atoms with E-state index >= 15 is 0 Å². The van der Waals surface area contributed by atoms with Crippen molar-refractivity contribution in [3.63, 3.8) is 0 Å². The molecule has 0 unspecified atom stereocenters. The average molecular weight is 384 g/mol. The number of benzene rings is 2. The van der Waals surface area contributed by atoms with Gasteiger partial charge in [-0.25, -0.2) is 0 Å². The van der Waals surface area contributed by atoms with Crippen LogP contribution in [0.5, 0.6) is 5.75 Å². The van der Waals surface area contributed by atoms with Gasteiger partial charge in [0.05, 0.1) is 25.4 Å². The van der Waals surface area contributed by atoms with Gasteiger partial charge in [0.25, 0.3) is 0 Å². The second-order valence-corrected chi connectivity index (χ2v) is 7.81. The molecule has 0 saturated carbocycles. The fourth-order valence-electron chi connectivity index (χ4n) is 4.15. The van der Waals surface area contributed by atoms with Crippen LogP contribution in [0.25, 0.3) is 0 Å². The molecule has 3 rings (SSSR count). The highest BCUT2D eigenvalue weighted by Gasteiger charge is 2.43. The Morgan fingerprint density at radius 1 is 1.04 bits per heavy atom. The molecule has 1 heterocycles. The van der Waals surface area contributed by atoms with E-state index in [4.69, 9.17) is 9.47 Å². The maximum atomic E-state index is 12.1. The van der Waals surface area contributed by atoms with Crippen molar-refractivity contribution < 1.29 is 14.6 Å². The van der Waals surface area contributed by atoms with Crippen LogP contribution in [-0.4, -0.2) is 49.5 Å². The molecule has 28 heavy (non-hydrogen) atoms. The minimum Gasteiger partial charge on any atom is -0.494 e. The van der Waals surface area contributed by atoms with Gasteiger partial charge in [-0.05, 0) is 36.1 Å². The van der Waals surface area contributed by atoms with Gasteiger partial charge in [0.2, 0.25) is 0 Å². The van der Waals surface area contributed by atoms with Crippen LogP contribution in [0, 0.1) is 5.92 Å². The molecule has 1 aliphatic heterocycles. The Kier molecular flexibility index (Phi) is 7.11. The monoisotopic (exact) mass is 383 g/mol. The van der Waals surface area contributed by atoms with Crippen LogP contribution < -0.4 is 4.74 Å². The van der Waals surface area contributed by atoms with Crippen LogP contribution in [-0.2, 0) is 10.3 Å².